The summed E-state index contributed by atoms with van der Waals surface area (Å²) in [4.78, 5) is 11.8. The number of nitrogens with two attached hydrogens (primary N) is 1. The number of primary amides is 1. The molecular weight excluding hydrogens is 322 g/mol. The van der Waals surface area contributed by atoms with Gasteiger partial charge in [0.2, 0.25) is 0 Å². The number of aliphatic hydroxyl groups excluding tert-OH is 2. The summed E-state index contributed by atoms with van der Waals surface area (Å²) in [6.07, 6.45) is -0.849. The zero-order valence-electron chi connectivity index (χ0n) is 14.1. The number of carbonyl (C=O) groups excluding carboxylic acids is 1. The second kappa shape index (κ2) is 9.17. The van der Waals surface area contributed by atoms with E-state index in [1.165, 1.54) is 0 Å². The van der Waals surface area contributed by atoms with Crippen molar-refractivity contribution < 1.29 is 24.5 Å². The molecule has 0 saturated carbocycles. The molecule has 0 radical (unpaired) electrons. The summed E-state index contributed by atoms with van der Waals surface area (Å²) < 4.78 is 11.1. The molecule has 1 amide bonds. The Balaban J connectivity index is 2.43. The molecular formula is C19H23NO5. The number of rotatable bonds is 9. The summed E-state index contributed by atoms with van der Waals surface area (Å²) in [7, 11) is 1.55. The molecule has 6 heteroatoms. The molecule has 25 heavy (non-hydrogen) atoms. The summed E-state index contributed by atoms with van der Waals surface area (Å²) in [5.41, 5.74) is 8.02. The smallest absolute Gasteiger partial charge is 0.252 e. The van der Waals surface area contributed by atoms with Crippen molar-refractivity contribution in [3.8, 4) is 5.75 Å². The number of methoxy groups -OCH3 is 1. The van der Waals surface area contributed by atoms with Gasteiger partial charge >= 0.3 is 0 Å². The first-order chi connectivity index (χ1) is 12.1. The van der Waals surface area contributed by atoms with Gasteiger partial charge in [0, 0.05) is 19.1 Å². The number of hydrogen-bond donors (Lipinski definition) is 3. The molecule has 1 atom stereocenters. The molecule has 2 aromatic rings. The molecule has 2 rings (SSSR count). The molecule has 0 aromatic heterocycles. The highest BCUT2D eigenvalue weighted by atomic mass is 16.5. The maximum Gasteiger partial charge on any atom is 0.252 e. The minimum absolute atomic E-state index is 0.125. The quantitative estimate of drug-likeness (QED) is 0.638. The number of amides is 1. The van der Waals surface area contributed by atoms with Crippen molar-refractivity contribution in [2.24, 2.45) is 5.73 Å². The van der Waals surface area contributed by atoms with Crippen molar-refractivity contribution in [1.29, 1.82) is 0 Å². The van der Waals surface area contributed by atoms with Crippen LogP contribution in [0.5, 0.6) is 5.75 Å². The molecule has 0 fully saturated rings. The highest BCUT2D eigenvalue weighted by Gasteiger charge is 2.20. The normalized spacial score (nSPS) is 12.0. The number of aliphatic hydroxyl groups is 2. The van der Waals surface area contributed by atoms with Crippen molar-refractivity contribution in [3.05, 3.63) is 64.7 Å². The maximum atomic E-state index is 11.8. The van der Waals surface area contributed by atoms with Crippen LogP contribution in [0, 0.1) is 0 Å². The van der Waals surface area contributed by atoms with E-state index in [0.29, 0.717) is 11.3 Å². The lowest BCUT2D eigenvalue weighted by Crippen LogP contribution is -2.20. The zero-order valence-corrected chi connectivity index (χ0v) is 14.1. The summed E-state index contributed by atoms with van der Waals surface area (Å²) in [5.74, 6) is -0.301. The number of carbonyl (C=O) groups is 1. The van der Waals surface area contributed by atoms with E-state index in [1.54, 1.807) is 19.2 Å². The number of benzene rings is 2. The van der Waals surface area contributed by atoms with E-state index in [0.717, 1.165) is 11.1 Å². The van der Waals surface area contributed by atoms with Crippen LogP contribution >= 0.6 is 0 Å². The fraction of sp³-hybridized carbons (Fsp3) is 0.316. The highest BCUT2D eigenvalue weighted by Crippen LogP contribution is 2.30. The molecule has 2 aromatic carbocycles. The molecule has 4 N–H and O–H groups in total. The molecule has 1 unspecified atom stereocenters. The second-order valence-electron chi connectivity index (χ2n) is 5.69. The van der Waals surface area contributed by atoms with Gasteiger partial charge < -0.3 is 25.4 Å². The maximum absolute atomic E-state index is 11.8. The van der Waals surface area contributed by atoms with Crippen molar-refractivity contribution in [1.82, 2.24) is 0 Å². The van der Waals surface area contributed by atoms with Gasteiger partial charge in [0.25, 0.3) is 5.91 Å². The van der Waals surface area contributed by atoms with Crippen LogP contribution in [-0.4, -0.2) is 35.9 Å². The molecule has 0 saturated heterocycles. The molecule has 6 nitrogen and oxygen atoms in total. The minimum atomic E-state index is -0.974. The highest BCUT2D eigenvalue weighted by molar-refractivity contribution is 5.96. The predicted molar refractivity (Wildman–Crippen MR) is 93.2 cm³/mol. The monoisotopic (exact) mass is 345 g/mol. The van der Waals surface area contributed by atoms with Gasteiger partial charge in [-0.2, -0.15) is 0 Å². The number of ether oxygens (including phenoxy) is 2. The van der Waals surface area contributed by atoms with Gasteiger partial charge in [0.15, 0.2) is 0 Å². The summed E-state index contributed by atoms with van der Waals surface area (Å²) in [6, 6.07) is 12.8. The van der Waals surface area contributed by atoms with E-state index >= 15 is 0 Å². The third kappa shape index (κ3) is 5.03. The summed E-state index contributed by atoms with van der Waals surface area (Å²) in [5, 5.41) is 19.1. The van der Waals surface area contributed by atoms with E-state index in [4.69, 9.17) is 15.2 Å². The van der Waals surface area contributed by atoms with Gasteiger partial charge in [0.05, 0.1) is 24.9 Å². The van der Waals surface area contributed by atoms with Gasteiger partial charge in [0.1, 0.15) is 12.4 Å². The van der Waals surface area contributed by atoms with Crippen LogP contribution in [0.4, 0.5) is 0 Å². The first-order valence-corrected chi connectivity index (χ1v) is 7.96. The molecule has 0 spiro atoms. The van der Waals surface area contributed by atoms with Crippen LogP contribution in [0.2, 0.25) is 0 Å². The van der Waals surface area contributed by atoms with Crippen LogP contribution in [0.25, 0.3) is 0 Å². The van der Waals surface area contributed by atoms with E-state index in [9.17, 15) is 15.0 Å². The number of hydrogen-bond acceptors (Lipinski definition) is 5. The average Bonchev–Trinajstić information content (AvgIpc) is 2.62. The Labute approximate surface area is 146 Å². The lowest BCUT2D eigenvalue weighted by Gasteiger charge is -2.19. The predicted octanol–water partition coefficient (Wildman–Crippen LogP) is 1.41. The van der Waals surface area contributed by atoms with E-state index in [2.05, 4.69) is 0 Å². The lowest BCUT2D eigenvalue weighted by molar-refractivity contribution is 0.0933. The molecule has 0 bridgehead atoms. The van der Waals surface area contributed by atoms with Gasteiger partial charge in [-0.1, -0.05) is 36.4 Å². The topological polar surface area (TPSA) is 102 Å². The molecule has 0 aliphatic heterocycles. The fourth-order valence-electron chi connectivity index (χ4n) is 2.57. The third-order valence-corrected chi connectivity index (χ3v) is 3.80. The van der Waals surface area contributed by atoms with Gasteiger partial charge in [-0.3, -0.25) is 4.79 Å². The zero-order chi connectivity index (χ0) is 18.2. The van der Waals surface area contributed by atoms with Crippen LogP contribution in [-0.2, 0) is 24.4 Å². The molecule has 134 valence electrons. The molecule has 0 aliphatic rings. The molecule has 0 aliphatic carbocycles. The summed E-state index contributed by atoms with van der Waals surface area (Å²) in [6.45, 7) is 0.138. The Bertz CT molecular complexity index is 702. The van der Waals surface area contributed by atoms with Crippen molar-refractivity contribution in [2.45, 2.75) is 25.7 Å². The second-order valence-corrected chi connectivity index (χ2v) is 5.69. The molecule has 0 heterocycles. The average molecular weight is 345 g/mol. The van der Waals surface area contributed by atoms with Gasteiger partial charge in [-0.05, 0) is 17.2 Å². The van der Waals surface area contributed by atoms with E-state index in [1.807, 2.05) is 30.3 Å². The van der Waals surface area contributed by atoms with Crippen LogP contribution in [0.3, 0.4) is 0 Å². The van der Waals surface area contributed by atoms with Crippen molar-refractivity contribution in [2.75, 3.05) is 13.7 Å². The summed E-state index contributed by atoms with van der Waals surface area (Å²) >= 11 is 0. The fourth-order valence-corrected chi connectivity index (χ4v) is 2.57. The Kier molecular flexibility index (Phi) is 6.94. The van der Waals surface area contributed by atoms with Gasteiger partial charge in [-0.15, -0.1) is 0 Å². The van der Waals surface area contributed by atoms with Crippen molar-refractivity contribution in [3.63, 3.8) is 0 Å². The van der Waals surface area contributed by atoms with Gasteiger partial charge in [-0.25, -0.2) is 0 Å². The van der Waals surface area contributed by atoms with Crippen LogP contribution in [0.1, 0.15) is 27.0 Å². The minimum Gasteiger partial charge on any atom is -0.488 e. The lowest BCUT2D eigenvalue weighted by atomic mass is 9.97. The van der Waals surface area contributed by atoms with Crippen LogP contribution in [0.15, 0.2) is 42.5 Å². The standard InChI is InChI=1S/C19H23NO5/c1-24-12-14-7-8-16(19(20)23)18(17(14)9-15(22)10-21)25-11-13-5-3-2-4-6-13/h2-8,15,21-22H,9-12H2,1H3,(H2,20,23). The van der Waals surface area contributed by atoms with E-state index < -0.39 is 18.6 Å². The Morgan fingerprint density at radius 1 is 1.16 bits per heavy atom. The van der Waals surface area contributed by atoms with Crippen LogP contribution < -0.4 is 10.5 Å². The first-order valence-electron chi connectivity index (χ1n) is 7.96. The SMILES string of the molecule is COCc1ccc(C(N)=O)c(OCc2ccccc2)c1CC(O)CO. The van der Waals surface area contributed by atoms with E-state index in [-0.39, 0.29) is 25.2 Å². The first kappa shape index (κ1) is 18.9. The van der Waals surface area contributed by atoms with Crippen molar-refractivity contribution >= 4 is 5.91 Å². The Morgan fingerprint density at radius 3 is 2.48 bits per heavy atom. The largest absolute Gasteiger partial charge is 0.488 e. The third-order valence-electron chi connectivity index (χ3n) is 3.80. The Hall–Kier alpha value is -2.41. The Morgan fingerprint density at radius 2 is 1.88 bits per heavy atom.